The number of ether oxygens (including phenoxy) is 1. The summed E-state index contributed by atoms with van der Waals surface area (Å²) in [5.41, 5.74) is 3.73. The van der Waals surface area contributed by atoms with Crippen LogP contribution in [0.5, 0.6) is 5.75 Å². The minimum atomic E-state index is -2.33. The van der Waals surface area contributed by atoms with Crippen molar-refractivity contribution in [1.29, 1.82) is 0 Å². The van der Waals surface area contributed by atoms with Crippen LogP contribution in [0.25, 0.3) is 22.4 Å². The number of aromatic nitrogens is 4. The molecule has 1 atom stereocenters. The molecule has 0 radical (unpaired) electrons. The van der Waals surface area contributed by atoms with Gasteiger partial charge in [-0.25, -0.2) is 14.7 Å². The van der Waals surface area contributed by atoms with E-state index < -0.39 is 11.3 Å². The zero-order chi connectivity index (χ0) is 21.1. The first-order valence-corrected chi connectivity index (χ1v) is 10.4. The molecule has 2 heterocycles. The first kappa shape index (κ1) is 20.4. The Morgan fingerprint density at radius 3 is 2.70 bits per heavy atom. The number of fused-ring (bicyclic) bond motifs is 1. The largest absolute Gasteiger partial charge is 0.760 e. The molecule has 4 aromatic rings. The monoisotopic (exact) mass is 442 g/mol. The van der Waals surface area contributed by atoms with E-state index in [1.54, 1.807) is 11.8 Å². The van der Waals surface area contributed by atoms with Crippen LogP contribution in [0.15, 0.2) is 54.7 Å². The molecule has 0 spiro atoms. The Hall–Kier alpha value is -2.85. The van der Waals surface area contributed by atoms with Gasteiger partial charge in [-0.05, 0) is 29.3 Å². The number of nitrogens with zero attached hydrogens (tertiary/aromatic N) is 4. The van der Waals surface area contributed by atoms with Crippen LogP contribution in [0.4, 0.5) is 0 Å². The second-order valence-corrected chi connectivity index (χ2v) is 7.62. The van der Waals surface area contributed by atoms with Crippen LogP contribution in [-0.2, 0) is 24.4 Å². The van der Waals surface area contributed by atoms with E-state index in [0.29, 0.717) is 23.4 Å². The van der Waals surface area contributed by atoms with E-state index in [2.05, 4.69) is 19.8 Å². The third-order valence-electron chi connectivity index (χ3n) is 4.45. The second-order valence-electron chi connectivity index (χ2n) is 6.50. The van der Waals surface area contributed by atoms with Gasteiger partial charge in [0.25, 0.3) is 0 Å². The average Bonchev–Trinajstić information content (AvgIpc) is 3.16. The second kappa shape index (κ2) is 8.88. The molecule has 1 N–H and O–H groups in total. The zero-order valence-corrected chi connectivity index (χ0v) is 17.5. The molecular formula is C20H17ClN5O3S-. The summed E-state index contributed by atoms with van der Waals surface area (Å²) >= 11 is 4.05. The van der Waals surface area contributed by atoms with Crippen LogP contribution in [0.1, 0.15) is 11.1 Å². The molecule has 154 valence electrons. The van der Waals surface area contributed by atoms with Crippen LogP contribution < -0.4 is 9.46 Å². The van der Waals surface area contributed by atoms with Crippen LogP contribution in [0.2, 0.25) is 5.15 Å². The fourth-order valence-corrected chi connectivity index (χ4v) is 3.51. The van der Waals surface area contributed by atoms with E-state index in [-0.39, 0.29) is 11.7 Å². The SMILES string of the molecule is COc1ccc(Cn2cc3nc(-c4cccc(CNS(=O)[O-])c4)nc(Cl)c3n2)cc1. The Morgan fingerprint density at radius 2 is 1.97 bits per heavy atom. The predicted octanol–water partition coefficient (Wildman–Crippen LogP) is 3.09. The Morgan fingerprint density at radius 1 is 1.17 bits per heavy atom. The molecule has 8 nitrogen and oxygen atoms in total. The highest BCUT2D eigenvalue weighted by atomic mass is 35.5. The van der Waals surface area contributed by atoms with E-state index in [1.807, 2.05) is 54.7 Å². The smallest absolute Gasteiger partial charge is 0.161 e. The van der Waals surface area contributed by atoms with E-state index in [9.17, 15) is 8.76 Å². The molecule has 2 aromatic carbocycles. The summed E-state index contributed by atoms with van der Waals surface area (Å²) in [6.45, 7) is 0.735. The zero-order valence-electron chi connectivity index (χ0n) is 15.9. The highest BCUT2D eigenvalue weighted by Gasteiger charge is 2.12. The maximum absolute atomic E-state index is 10.7. The molecule has 1 unspecified atom stereocenters. The molecule has 2 aromatic heterocycles. The van der Waals surface area contributed by atoms with Gasteiger partial charge in [-0.1, -0.05) is 41.9 Å². The molecular weight excluding hydrogens is 426 g/mol. The van der Waals surface area contributed by atoms with Gasteiger partial charge in [0.1, 0.15) is 16.8 Å². The number of methoxy groups -OCH3 is 1. The van der Waals surface area contributed by atoms with Crippen molar-refractivity contribution in [3.05, 3.63) is 71.0 Å². The summed E-state index contributed by atoms with van der Waals surface area (Å²) in [6, 6.07) is 15.0. The summed E-state index contributed by atoms with van der Waals surface area (Å²) in [6.07, 6.45) is 1.82. The average molecular weight is 443 g/mol. The third kappa shape index (κ3) is 4.65. The van der Waals surface area contributed by atoms with E-state index >= 15 is 0 Å². The topological polar surface area (TPSA) is 105 Å². The quantitative estimate of drug-likeness (QED) is 0.348. The van der Waals surface area contributed by atoms with Gasteiger partial charge >= 0.3 is 0 Å². The van der Waals surface area contributed by atoms with Crippen molar-refractivity contribution >= 4 is 33.9 Å². The number of halogens is 1. The molecule has 0 aliphatic heterocycles. The maximum Gasteiger partial charge on any atom is 0.161 e. The lowest BCUT2D eigenvalue weighted by molar-refractivity contribution is 0.414. The van der Waals surface area contributed by atoms with Gasteiger partial charge in [0.15, 0.2) is 11.0 Å². The highest BCUT2D eigenvalue weighted by Crippen LogP contribution is 2.25. The van der Waals surface area contributed by atoms with Crippen LogP contribution in [-0.4, -0.2) is 35.6 Å². The van der Waals surface area contributed by atoms with Gasteiger partial charge in [-0.3, -0.25) is 8.89 Å². The lowest BCUT2D eigenvalue weighted by Gasteiger charge is -2.08. The lowest BCUT2D eigenvalue weighted by Crippen LogP contribution is -2.15. The van der Waals surface area contributed by atoms with Gasteiger partial charge in [-0.15, -0.1) is 0 Å². The van der Waals surface area contributed by atoms with Crippen LogP contribution >= 0.6 is 11.6 Å². The molecule has 0 saturated heterocycles. The van der Waals surface area contributed by atoms with Crippen molar-refractivity contribution in [2.45, 2.75) is 13.1 Å². The van der Waals surface area contributed by atoms with E-state index in [4.69, 9.17) is 16.3 Å². The standard InChI is InChI=1S/C20H18ClN5O3S/c1-29-16-7-5-13(6-8-16)11-26-12-17-18(25-26)19(21)24-20(23-17)15-4-2-3-14(9-15)10-22-30(27)28/h2-9,12,22H,10-11H2,1H3,(H,27,28)/p-1. The third-order valence-corrected chi connectivity index (χ3v) is 5.09. The number of nitrogens with one attached hydrogen (secondary N) is 1. The maximum atomic E-state index is 10.7. The van der Waals surface area contributed by atoms with Gasteiger partial charge in [0.05, 0.1) is 19.9 Å². The Labute approximate surface area is 180 Å². The molecule has 30 heavy (non-hydrogen) atoms. The minimum Gasteiger partial charge on any atom is -0.760 e. The number of benzene rings is 2. The molecule has 10 heteroatoms. The van der Waals surface area contributed by atoms with Crippen molar-refractivity contribution in [3.8, 4) is 17.1 Å². The van der Waals surface area contributed by atoms with Gasteiger partial charge in [0.2, 0.25) is 0 Å². The summed E-state index contributed by atoms with van der Waals surface area (Å²) in [5, 5.41) is 4.76. The molecule has 4 rings (SSSR count). The Balaban J connectivity index is 1.62. The molecule has 0 amide bonds. The van der Waals surface area contributed by atoms with Gasteiger partial charge in [-0.2, -0.15) is 5.10 Å². The summed E-state index contributed by atoms with van der Waals surface area (Å²) in [4.78, 5) is 8.96. The fourth-order valence-electron chi connectivity index (χ4n) is 3.02. The van der Waals surface area contributed by atoms with E-state index in [0.717, 1.165) is 22.4 Å². The highest BCUT2D eigenvalue weighted by molar-refractivity contribution is 7.77. The lowest BCUT2D eigenvalue weighted by atomic mass is 10.1. The van der Waals surface area contributed by atoms with Crippen LogP contribution in [0, 0.1) is 0 Å². The fraction of sp³-hybridized carbons (Fsp3) is 0.150. The molecule has 0 fully saturated rings. The Kier molecular flexibility index (Phi) is 6.05. The Bertz CT molecular complexity index is 1210. The summed E-state index contributed by atoms with van der Waals surface area (Å²) in [7, 11) is 1.63. The first-order valence-electron chi connectivity index (χ1n) is 8.97. The van der Waals surface area contributed by atoms with Crippen molar-refractivity contribution in [2.75, 3.05) is 7.11 Å². The summed E-state index contributed by atoms with van der Waals surface area (Å²) in [5.74, 6) is 1.24. The summed E-state index contributed by atoms with van der Waals surface area (Å²) < 4.78 is 30.7. The molecule has 0 aliphatic carbocycles. The number of rotatable bonds is 7. The van der Waals surface area contributed by atoms with Gasteiger partial charge in [0, 0.05) is 23.4 Å². The van der Waals surface area contributed by atoms with Crippen molar-refractivity contribution in [1.82, 2.24) is 24.5 Å². The van der Waals surface area contributed by atoms with Crippen LogP contribution in [0.3, 0.4) is 0 Å². The minimum absolute atomic E-state index is 0.180. The molecule has 0 bridgehead atoms. The van der Waals surface area contributed by atoms with Crippen molar-refractivity contribution in [3.63, 3.8) is 0 Å². The van der Waals surface area contributed by atoms with E-state index in [1.165, 1.54) is 0 Å². The normalized spacial score (nSPS) is 12.2. The number of hydrogen-bond donors (Lipinski definition) is 1. The molecule has 0 aliphatic rings. The van der Waals surface area contributed by atoms with Crippen molar-refractivity contribution in [2.24, 2.45) is 0 Å². The van der Waals surface area contributed by atoms with Crippen molar-refractivity contribution < 1.29 is 13.5 Å². The van der Waals surface area contributed by atoms with Gasteiger partial charge < -0.3 is 9.29 Å². The number of hydrogen-bond acceptors (Lipinski definition) is 6. The predicted molar refractivity (Wildman–Crippen MR) is 114 cm³/mol. The molecule has 0 saturated carbocycles. The first-order chi connectivity index (χ1) is 14.5.